The number of thiazole rings is 1. The summed E-state index contributed by atoms with van der Waals surface area (Å²) in [6, 6.07) is 16.6. The van der Waals surface area contributed by atoms with Crippen molar-refractivity contribution in [1.29, 1.82) is 0 Å². The highest BCUT2D eigenvalue weighted by Crippen LogP contribution is 2.32. The lowest BCUT2D eigenvalue weighted by molar-refractivity contribution is 0.571. The van der Waals surface area contributed by atoms with Gasteiger partial charge in [0.05, 0.1) is 10.0 Å². The quantitative estimate of drug-likeness (QED) is 0.302. The van der Waals surface area contributed by atoms with Crippen molar-refractivity contribution in [1.82, 2.24) is 14.6 Å². The fraction of sp³-hybridized carbons (Fsp3) is 0.0417. The van der Waals surface area contributed by atoms with Crippen LogP contribution in [0.25, 0.3) is 44.9 Å². The molecule has 0 aliphatic rings. The fourth-order valence-electron chi connectivity index (χ4n) is 3.68. The largest absolute Gasteiger partial charge is 0.457 e. The second-order valence-corrected chi connectivity index (χ2v) is 9.25. The average molecular weight is 494 g/mol. The Bertz CT molecular complexity index is 1790. The van der Waals surface area contributed by atoms with Gasteiger partial charge in [-0.25, -0.2) is 0 Å². The number of nitrogens with zero attached hydrogens (tertiary/aromatic N) is 3. The van der Waals surface area contributed by atoms with E-state index in [1.54, 1.807) is 24.3 Å². The number of benzene rings is 2. The first-order valence-corrected chi connectivity index (χ1v) is 11.5. The molecule has 6 aromatic rings. The van der Waals surface area contributed by atoms with Crippen LogP contribution < -0.4 is 10.1 Å². The van der Waals surface area contributed by atoms with E-state index >= 15 is 0 Å². The summed E-state index contributed by atoms with van der Waals surface area (Å²) >= 11 is 13.3. The molecule has 0 aliphatic carbocycles. The molecule has 0 radical (unpaired) electrons. The molecule has 4 aromatic heterocycles. The Morgan fingerprint density at radius 3 is 2.67 bits per heavy atom. The van der Waals surface area contributed by atoms with Crippen molar-refractivity contribution in [2.24, 2.45) is 0 Å². The molecule has 0 amide bonds. The van der Waals surface area contributed by atoms with Crippen LogP contribution in [-0.2, 0) is 0 Å². The molecule has 0 N–H and O–H groups in total. The van der Waals surface area contributed by atoms with Crippen LogP contribution in [-0.4, -0.2) is 14.6 Å². The number of rotatable bonds is 3. The molecule has 0 saturated carbocycles. The van der Waals surface area contributed by atoms with Crippen molar-refractivity contribution in [2.45, 2.75) is 6.92 Å². The summed E-state index contributed by atoms with van der Waals surface area (Å²) in [5.41, 5.74) is 2.22. The Morgan fingerprint density at radius 1 is 1.03 bits per heavy atom. The first-order valence-electron chi connectivity index (χ1n) is 9.93. The normalized spacial score (nSPS) is 12.4. The van der Waals surface area contributed by atoms with Gasteiger partial charge in [-0.2, -0.15) is 9.50 Å². The first-order chi connectivity index (χ1) is 16.0. The number of aromatic nitrogens is 3. The van der Waals surface area contributed by atoms with E-state index in [-0.39, 0.29) is 5.56 Å². The number of para-hydroxylation sites is 1. The molecule has 0 spiro atoms. The molecule has 2 aromatic carbocycles. The van der Waals surface area contributed by atoms with Gasteiger partial charge in [0.2, 0.25) is 10.8 Å². The van der Waals surface area contributed by atoms with E-state index in [0.717, 1.165) is 22.1 Å². The highest BCUT2D eigenvalue weighted by Gasteiger charge is 2.19. The average Bonchev–Trinajstić information content (AvgIpc) is 3.57. The topological polar surface area (TPSA) is 73.5 Å². The van der Waals surface area contributed by atoms with Crippen molar-refractivity contribution < 1.29 is 8.83 Å². The highest BCUT2D eigenvalue weighted by molar-refractivity contribution is 7.15. The molecule has 0 bridgehead atoms. The zero-order valence-electron chi connectivity index (χ0n) is 17.0. The molecule has 9 heteroatoms. The van der Waals surface area contributed by atoms with Crippen LogP contribution in [0.5, 0.6) is 0 Å². The predicted octanol–water partition coefficient (Wildman–Crippen LogP) is 5.99. The van der Waals surface area contributed by atoms with Crippen molar-refractivity contribution in [3.05, 3.63) is 90.9 Å². The van der Waals surface area contributed by atoms with Gasteiger partial charge in [0.25, 0.3) is 5.56 Å². The summed E-state index contributed by atoms with van der Waals surface area (Å²) in [7, 11) is 0. The smallest absolute Gasteiger partial charge is 0.291 e. The van der Waals surface area contributed by atoms with Gasteiger partial charge in [0, 0.05) is 22.6 Å². The van der Waals surface area contributed by atoms with Gasteiger partial charge >= 0.3 is 0 Å². The van der Waals surface area contributed by atoms with Crippen molar-refractivity contribution in [2.75, 3.05) is 0 Å². The molecule has 0 aliphatic heterocycles. The fourth-order valence-corrected chi connectivity index (χ4v) is 4.87. The molecule has 0 saturated heterocycles. The summed E-state index contributed by atoms with van der Waals surface area (Å²) in [6.45, 7) is 1.95. The molecule has 33 heavy (non-hydrogen) atoms. The summed E-state index contributed by atoms with van der Waals surface area (Å²) < 4.78 is 13.6. The Morgan fingerprint density at radius 2 is 1.88 bits per heavy atom. The maximum atomic E-state index is 12.9. The molecular weight excluding hydrogens is 481 g/mol. The minimum atomic E-state index is -0.269. The summed E-state index contributed by atoms with van der Waals surface area (Å²) in [4.78, 5) is 17.9. The summed E-state index contributed by atoms with van der Waals surface area (Å²) in [5, 5.41) is 6.32. The third-order valence-electron chi connectivity index (χ3n) is 5.33. The first kappa shape index (κ1) is 20.2. The van der Waals surface area contributed by atoms with E-state index in [1.807, 2.05) is 43.3 Å². The molecule has 162 valence electrons. The number of furan rings is 2. The highest BCUT2D eigenvalue weighted by atomic mass is 35.5. The lowest BCUT2D eigenvalue weighted by atomic mass is 10.1. The van der Waals surface area contributed by atoms with Crippen LogP contribution in [0.4, 0.5) is 0 Å². The van der Waals surface area contributed by atoms with Crippen LogP contribution in [0.15, 0.2) is 68.2 Å². The molecule has 0 atom stereocenters. The van der Waals surface area contributed by atoms with Gasteiger partial charge < -0.3 is 8.83 Å². The molecular formula is C24H13Cl2N3O3S. The van der Waals surface area contributed by atoms with Crippen molar-refractivity contribution in [3.63, 3.8) is 0 Å². The zero-order chi connectivity index (χ0) is 22.7. The van der Waals surface area contributed by atoms with E-state index in [4.69, 9.17) is 32.0 Å². The summed E-state index contributed by atoms with van der Waals surface area (Å²) in [5.74, 6) is 2.10. The van der Waals surface area contributed by atoms with Crippen LogP contribution >= 0.6 is 34.5 Å². The van der Waals surface area contributed by atoms with Gasteiger partial charge in [-0.1, -0.05) is 52.7 Å². The molecule has 6 rings (SSSR count). The Labute approximate surface area is 200 Å². The number of hydrogen-bond donors (Lipinski definition) is 0. The molecule has 0 unspecified atom stereocenters. The lowest BCUT2D eigenvalue weighted by Crippen LogP contribution is -2.23. The third-order valence-corrected chi connectivity index (χ3v) is 7.03. The van der Waals surface area contributed by atoms with E-state index in [9.17, 15) is 4.79 Å². The van der Waals surface area contributed by atoms with E-state index in [0.29, 0.717) is 42.6 Å². The van der Waals surface area contributed by atoms with Crippen molar-refractivity contribution >= 4 is 56.5 Å². The second kappa shape index (κ2) is 7.59. The minimum Gasteiger partial charge on any atom is -0.457 e. The standard InChI is InChI=1S/C24H13Cl2N3O3S/c1-12-15-4-2-3-5-19(15)32-21(12)22-27-24-29(28-22)23(30)20(33-24)11-14-7-9-18(31-14)13-6-8-16(25)17(26)10-13/h2-11H,1H3/b20-11-. The second-order valence-electron chi connectivity index (χ2n) is 7.43. The number of aryl methyl sites for hydroxylation is 1. The Hall–Kier alpha value is -3.39. The van der Waals surface area contributed by atoms with Crippen LogP contribution in [0.3, 0.4) is 0 Å². The Kier molecular flexibility index (Phi) is 4.65. The van der Waals surface area contributed by atoms with Crippen LogP contribution in [0.2, 0.25) is 10.0 Å². The monoisotopic (exact) mass is 493 g/mol. The van der Waals surface area contributed by atoms with Gasteiger partial charge in [-0.15, -0.1) is 5.10 Å². The number of fused-ring (bicyclic) bond motifs is 2. The number of hydrogen-bond acceptors (Lipinski definition) is 6. The van der Waals surface area contributed by atoms with E-state index in [2.05, 4.69) is 10.1 Å². The minimum absolute atomic E-state index is 0.269. The van der Waals surface area contributed by atoms with Gasteiger partial charge in [0.1, 0.15) is 21.6 Å². The SMILES string of the molecule is Cc1c(-c2nc3s/c(=C\c4ccc(-c5ccc(Cl)c(Cl)c5)o4)c(=O)n3n2)oc2ccccc12. The van der Waals surface area contributed by atoms with E-state index < -0.39 is 0 Å². The third kappa shape index (κ3) is 3.36. The Balaban J connectivity index is 1.38. The molecule has 6 nitrogen and oxygen atoms in total. The summed E-state index contributed by atoms with van der Waals surface area (Å²) in [6.07, 6.45) is 1.68. The maximum Gasteiger partial charge on any atom is 0.291 e. The van der Waals surface area contributed by atoms with Gasteiger partial charge in [-0.05, 0) is 43.3 Å². The van der Waals surface area contributed by atoms with Crippen LogP contribution in [0.1, 0.15) is 11.3 Å². The molecule has 0 fully saturated rings. The van der Waals surface area contributed by atoms with Gasteiger partial charge in [0.15, 0.2) is 5.76 Å². The van der Waals surface area contributed by atoms with Gasteiger partial charge in [-0.3, -0.25) is 4.79 Å². The van der Waals surface area contributed by atoms with Crippen LogP contribution in [0, 0.1) is 6.92 Å². The zero-order valence-corrected chi connectivity index (χ0v) is 19.3. The number of halogens is 2. The van der Waals surface area contributed by atoms with Crippen molar-refractivity contribution in [3.8, 4) is 22.9 Å². The predicted molar refractivity (Wildman–Crippen MR) is 130 cm³/mol. The lowest BCUT2D eigenvalue weighted by Gasteiger charge is -1.99. The van der Waals surface area contributed by atoms with E-state index in [1.165, 1.54) is 15.9 Å². The maximum absolute atomic E-state index is 12.9. The molecule has 4 heterocycles.